The smallest absolute Gasteiger partial charge is 0.222 e. The molecule has 106 valence electrons. The molecule has 4 heteroatoms. The molecule has 0 fully saturated rings. The maximum absolute atomic E-state index is 11.9. The molecule has 1 amide bonds. The first-order valence-electron chi connectivity index (χ1n) is 6.55. The van der Waals surface area contributed by atoms with Crippen LogP contribution in [0.5, 0.6) is 0 Å². The lowest BCUT2D eigenvalue weighted by atomic mass is 9.85. The SMILES string of the molecule is CC(C)(C)C(N)CC(=O)N[C@@H](CO)c1ccccc1. The van der Waals surface area contributed by atoms with Crippen molar-refractivity contribution in [2.75, 3.05) is 6.61 Å². The summed E-state index contributed by atoms with van der Waals surface area (Å²) in [4.78, 5) is 11.9. The second-order valence-electron chi connectivity index (χ2n) is 5.89. The van der Waals surface area contributed by atoms with Crippen molar-refractivity contribution >= 4 is 5.91 Å². The summed E-state index contributed by atoms with van der Waals surface area (Å²) in [6, 6.07) is 8.84. The first kappa shape index (κ1) is 15.7. The standard InChI is InChI=1S/C15H24N2O2/c1-15(2,3)13(16)9-14(19)17-12(10-18)11-7-5-4-6-8-11/h4-8,12-13,18H,9-10,16H2,1-3H3,(H,17,19)/t12-,13?/m0/s1. The fraction of sp³-hybridized carbons (Fsp3) is 0.533. The number of carbonyl (C=O) groups is 1. The van der Waals surface area contributed by atoms with Crippen LogP contribution in [0.3, 0.4) is 0 Å². The fourth-order valence-corrected chi connectivity index (χ4v) is 1.68. The van der Waals surface area contributed by atoms with Gasteiger partial charge < -0.3 is 16.2 Å². The van der Waals surface area contributed by atoms with Gasteiger partial charge in [0.15, 0.2) is 0 Å². The molecule has 4 N–H and O–H groups in total. The van der Waals surface area contributed by atoms with Crippen molar-refractivity contribution in [2.45, 2.75) is 39.3 Å². The Balaban J connectivity index is 2.60. The van der Waals surface area contributed by atoms with Crippen LogP contribution in [0.15, 0.2) is 30.3 Å². The molecule has 4 nitrogen and oxygen atoms in total. The molecule has 0 saturated carbocycles. The van der Waals surface area contributed by atoms with Gasteiger partial charge in [0.05, 0.1) is 12.6 Å². The first-order chi connectivity index (χ1) is 8.84. The van der Waals surface area contributed by atoms with E-state index in [9.17, 15) is 9.90 Å². The number of nitrogens with one attached hydrogen (secondary N) is 1. The molecule has 0 aliphatic carbocycles. The third-order valence-corrected chi connectivity index (χ3v) is 3.24. The quantitative estimate of drug-likeness (QED) is 0.756. The Hall–Kier alpha value is -1.39. The Kier molecular flexibility index (Phi) is 5.51. The molecule has 0 radical (unpaired) electrons. The molecule has 0 heterocycles. The highest BCUT2D eigenvalue weighted by Crippen LogP contribution is 2.20. The summed E-state index contributed by atoms with van der Waals surface area (Å²) in [5, 5.41) is 12.2. The van der Waals surface area contributed by atoms with Gasteiger partial charge in [-0.1, -0.05) is 51.1 Å². The van der Waals surface area contributed by atoms with E-state index in [1.54, 1.807) is 0 Å². The van der Waals surface area contributed by atoms with Crippen molar-refractivity contribution in [1.82, 2.24) is 5.32 Å². The lowest BCUT2D eigenvalue weighted by Gasteiger charge is -2.27. The van der Waals surface area contributed by atoms with Crippen LogP contribution in [0.1, 0.15) is 38.8 Å². The first-order valence-corrected chi connectivity index (χ1v) is 6.55. The second kappa shape index (κ2) is 6.68. The summed E-state index contributed by atoms with van der Waals surface area (Å²) in [6.45, 7) is 5.89. The number of amides is 1. The van der Waals surface area contributed by atoms with Gasteiger partial charge in [-0.05, 0) is 11.0 Å². The fourth-order valence-electron chi connectivity index (χ4n) is 1.68. The van der Waals surface area contributed by atoms with E-state index in [1.165, 1.54) is 0 Å². The Morgan fingerprint density at radius 2 is 1.89 bits per heavy atom. The van der Waals surface area contributed by atoms with Gasteiger partial charge in [0.25, 0.3) is 0 Å². The Morgan fingerprint density at radius 1 is 1.32 bits per heavy atom. The summed E-state index contributed by atoms with van der Waals surface area (Å²) in [7, 11) is 0. The van der Waals surface area contributed by atoms with Crippen molar-refractivity contribution in [3.8, 4) is 0 Å². The second-order valence-corrected chi connectivity index (χ2v) is 5.89. The van der Waals surface area contributed by atoms with Crippen molar-refractivity contribution in [3.63, 3.8) is 0 Å². The average molecular weight is 264 g/mol. The van der Waals surface area contributed by atoms with E-state index in [2.05, 4.69) is 5.32 Å². The molecule has 2 atom stereocenters. The van der Waals surface area contributed by atoms with Gasteiger partial charge in [-0.25, -0.2) is 0 Å². The molecule has 1 rings (SSSR count). The van der Waals surface area contributed by atoms with E-state index in [4.69, 9.17) is 5.73 Å². The summed E-state index contributed by atoms with van der Waals surface area (Å²) in [5.74, 6) is -0.134. The van der Waals surface area contributed by atoms with Crippen LogP contribution in [0.25, 0.3) is 0 Å². The van der Waals surface area contributed by atoms with Crippen molar-refractivity contribution < 1.29 is 9.90 Å². The summed E-state index contributed by atoms with van der Waals surface area (Å²) < 4.78 is 0. The van der Waals surface area contributed by atoms with Gasteiger partial charge in [0, 0.05) is 12.5 Å². The Bertz CT molecular complexity index is 398. The summed E-state index contributed by atoms with van der Waals surface area (Å²) in [5.41, 5.74) is 6.76. The minimum atomic E-state index is -0.374. The molecule has 1 unspecified atom stereocenters. The molecule has 1 aromatic rings. The van der Waals surface area contributed by atoms with Crippen LogP contribution in [0.2, 0.25) is 0 Å². The van der Waals surface area contributed by atoms with Crippen LogP contribution in [0.4, 0.5) is 0 Å². The van der Waals surface area contributed by atoms with Crippen LogP contribution in [-0.2, 0) is 4.79 Å². The average Bonchev–Trinajstić information content (AvgIpc) is 2.35. The lowest BCUT2D eigenvalue weighted by Crippen LogP contribution is -2.41. The molecule has 0 aliphatic heterocycles. The Morgan fingerprint density at radius 3 is 2.37 bits per heavy atom. The predicted octanol–water partition coefficient (Wildman–Crippen LogP) is 1.60. The number of aliphatic hydroxyl groups excluding tert-OH is 1. The molecule has 1 aromatic carbocycles. The summed E-state index contributed by atoms with van der Waals surface area (Å²) >= 11 is 0. The van der Waals surface area contributed by atoms with E-state index >= 15 is 0 Å². The molecule has 0 spiro atoms. The molecular formula is C15H24N2O2. The number of benzene rings is 1. The van der Waals surface area contributed by atoms with Gasteiger partial charge in [-0.3, -0.25) is 4.79 Å². The molecular weight excluding hydrogens is 240 g/mol. The zero-order chi connectivity index (χ0) is 14.5. The van der Waals surface area contributed by atoms with Gasteiger partial charge in [0.1, 0.15) is 0 Å². The number of hydrogen-bond donors (Lipinski definition) is 3. The van der Waals surface area contributed by atoms with E-state index in [0.29, 0.717) is 0 Å². The molecule has 0 saturated heterocycles. The van der Waals surface area contributed by atoms with Crippen molar-refractivity contribution in [1.29, 1.82) is 0 Å². The minimum absolute atomic E-state index is 0.112. The molecule has 0 aliphatic rings. The van der Waals surface area contributed by atoms with Crippen molar-refractivity contribution in [2.24, 2.45) is 11.1 Å². The minimum Gasteiger partial charge on any atom is -0.394 e. The van der Waals surface area contributed by atoms with E-state index < -0.39 is 0 Å². The van der Waals surface area contributed by atoms with Crippen molar-refractivity contribution in [3.05, 3.63) is 35.9 Å². The monoisotopic (exact) mass is 264 g/mol. The van der Waals surface area contributed by atoms with Crippen LogP contribution < -0.4 is 11.1 Å². The Labute approximate surface area is 115 Å². The number of hydrogen-bond acceptors (Lipinski definition) is 3. The largest absolute Gasteiger partial charge is 0.394 e. The van der Waals surface area contributed by atoms with Gasteiger partial charge in [-0.2, -0.15) is 0 Å². The third kappa shape index (κ3) is 5.01. The summed E-state index contributed by atoms with van der Waals surface area (Å²) in [6.07, 6.45) is 0.257. The molecule has 0 aromatic heterocycles. The number of carbonyl (C=O) groups excluding carboxylic acids is 1. The van der Waals surface area contributed by atoms with Crippen LogP contribution in [0, 0.1) is 5.41 Å². The normalized spacial score (nSPS) is 14.8. The van der Waals surface area contributed by atoms with Crippen LogP contribution >= 0.6 is 0 Å². The molecule has 0 bridgehead atoms. The highest BCUT2D eigenvalue weighted by Gasteiger charge is 2.24. The van der Waals surface area contributed by atoms with Gasteiger partial charge >= 0.3 is 0 Å². The third-order valence-electron chi connectivity index (χ3n) is 3.24. The zero-order valence-corrected chi connectivity index (χ0v) is 11.9. The number of nitrogens with two attached hydrogens (primary N) is 1. The van der Waals surface area contributed by atoms with E-state index in [-0.39, 0.29) is 36.4 Å². The predicted molar refractivity (Wildman–Crippen MR) is 76.5 cm³/mol. The highest BCUT2D eigenvalue weighted by atomic mass is 16.3. The highest BCUT2D eigenvalue weighted by molar-refractivity contribution is 5.77. The maximum Gasteiger partial charge on any atom is 0.222 e. The van der Waals surface area contributed by atoms with Crippen LogP contribution in [-0.4, -0.2) is 23.7 Å². The van der Waals surface area contributed by atoms with E-state index in [0.717, 1.165) is 5.56 Å². The van der Waals surface area contributed by atoms with E-state index in [1.807, 2.05) is 51.1 Å². The number of rotatable bonds is 5. The van der Waals surface area contributed by atoms with Gasteiger partial charge in [0.2, 0.25) is 5.91 Å². The topological polar surface area (TPSA) is 75.4 Å². The zero-order valence-electron chi connectivity index (χ0n) is 11.9. The maximum atomic E-state index is 11.9. The van der Waals surface area contributed by atoms with Gasteiger partial charge in [-0.15, -0.1) is 0 Å². The number of aliphatic hydroxyl groups is 1. The lowest BCUT2D eigenvalue weighted by molar-refractivity contribution is -0.123. The molecule has 19 heavy (non-hydrogen) atoms.